The van der Waals surface area contributed by atoms with Crippen molar-refractivity contribution in [2.24, 2.45) is 5.11 Å². The first-order valence-electron chi connectivity index (χ1n) is 7.56. The van der Waals surface area contributed by atoms with E-state index in [4.69, 9.17) is 5.53 Å². The Morgan fingerprint density at radius 1 is 1.35 bits per heavy atom. The van der Waals surface area contributed by atoms with E-state index in [9.17, 15) is 13.6 Å². The van der Waals surface area contributed by atoms with Gasteiger partial charge in [-0.05, 0) is 24.6 Å². The molecule has 1 aromatic carbocycles. The molecule has 2 heterocycles. The van der Waals surface area contributed by atoms with Gasteiger partial charge in [-0.25, -0.2) is 8.42 Å². The number of piperazine rings is 1. The topological polar surface area (TPSA) is 109 Å². The number of hydrogen-bond donors (Lipinski definition) is 0. The Hall–Kier alpha value is -1.64. The third-order valence-electron chi connectivity index (χ3n) is 4.72. The first-order valence-corrected chi connectivity index (χ1v) is 9.00. The van der Waals surface area contributed by atoms with Gasteiger partial charge in [-0.2, -0.15) is 4.31 Å². The Kier molecular flexibility index (Phi) is 4.07. The van der Waals surface area contributed by atoms with Crippen LogP contribution in [0.15, 0.2) is 34.3 Å². The molecule has 0 amide bonds. The Labute approximate surface area is 135 Å². The lowest BCUT2D eigenvalue weighted by molar-refractivity contribution is -0.893. The smallest absolute Gasteiger partial charge is 0.243 e. The molecule has 1 aromatic rings. The Bertz CT molecular complexity index is 744. The minimum atomic E-state index is -3.71. The molecule has 2 aliphatic heterocycles. The van der Waals surface area contributed by atoms with Crippen LogP contribution in [0.25, 0.3) is 10.4 Å². The second kappa shape index (κ2) is 5.77. The van der Waals surface area contributed by atoms with Gasteiger partial charge in [-0.15, -0.1) is 0 Å². The van der Waals surface area contributed by atoms with Crippen molar-refractivity contribution >= 4 is 10.0 Å². The SMILES string of the molecule is Cc1ccc(S(=O)(=O)N2CC[N@@+]3([O-])CC[C@H](N=[N+]=[N-])[C@@H]2C3)cc1. The van der Waals surface area contributed by atoms with Crippen molar-refractivity contribution in [2.45, 2.75) is 30.3 Å². The van der Waals surface area contributed by atoms with Crippen molar-refractivity contribution in [3.8, 4) is 0 Å². The fourth-order valence-corrected chi connectivity index (χ4v) is 5.03. The average molecular weight is 337 g/mol. The maximum atomic E-state index is 12.9. The number of rotatable bonds is 3. The third-order valence-corrected chi connectivity index (χ3v) is 6.66. The highest BCUT2D eigenvalue weighted by Crippen LogP contribution is 2.32. The van der Waals surface area contributed by atoms with Gasteiger partial charge in [0, 0.05) is 11.3 Å². The molecule has 23 heavy (non-hydrogen) atoms. The predicted octanol–water partition coefficient (Wildman–Crippen LogP) is 1.77. The number of quaternary nitrogens is 1. The van der Waals surface area contributed by atoms with Gasteiger partial charge in [-0.1, -0.05) is 22.8 Å². The van der Waals surface area contributed by atoms with Crippen LogP contribution >= 0.6 is 0 Å². The monoisotopic (exact) mass is 337 g/mol. The van der Waals surface area contributed by atoms with Crippen LogP contribution in [0, 0.1) is 12.1 Å². The minimum absolute atomic E-state index is 0.148. The molecule has 124 valence electrons. The van der Waals surface area contributed by atoms with Gasteiger partial charge in [0.25, 0.3) is 0 Å². The number of hydroxylamine groups is 3. The molecule has 2 saturated heterocycles. The number of benzene rings is 1. The maximum Gasteiger partial charge on any atom is 0.243 e. The molecule has 0 radical (unpaired) electrons. The van der Waals surface area contributed by atoms with Crippen LogP contribution in [-0.4, -0.2) is 55.6 Å². The van der Waals surface area contributed by atoms with Crippen molar-refractivity contribution in [1.29, 1.82) is 0 Å². The summed E-state index contributed by atoms with van der Waals surface area (Å²) in [7, 11) is -3.71. The zero-order chi connectivity index (χ0) is 16.7. The van der Waals surface area contributed by atoms with Crippen LogP contribution in [-0.2, 0) is 10.0 Å². The number of azide groups is 1. The van der Waals surface area contributed by atoms with Crippen molar-refractivity contribution in [1.82, 2.24) is 4.31 Å². The average Bonchev–Trinajstić information content (AvgIpc) is 2.51. The van der Waals surface area contributed by atoms with Gasteiger partial charge < -0.3 is 9.85 Å². The molecule has 0 N–H and O–H groups in total. The second-order valence-corrected chi connectivity index (χ2v) is 8.14. The number of piperidine rings is 1. The van der Waals surface area contributed by atoms with E-state index in [2.05, 4.69) is 10.0 Å². The lowest BCUT2D eigenvalue weighted by Gasteiger charge is -2.55. The molecule has 0 unspecified atom stereocenters. The molecular formula is C14H19N5O3S. The summed E-state index contributed by atoms with van der Waals surface area (Å²) in [6.45, 7) is 2.80. The molecule has 0 aliphatic carbocycles. The van der Waals surface area contributed by atoms with E-state index in [1.54, 1.807) is 24.3 Å². The third kappa shape index (κ3) is 2.93. The van der Waals surface area contributed by atoms with Gasteiger partial charge in [0.05, 0.1) is 43.2 Å². The molecule has 0 spiro atoms. The zero-order valence-corrected chi connectivity index (χ0v) is 13.7. The summed E-state index contributed by atoms with van der Waals surface area (Å²) < 4.78 is 26.8. The van der Waals surface area contributed by atoms with Gasteiger partial charge >= 0.3 is 0 Å². The molecule has 2 aliphatic rings. The molecule has 3 atom stereocenters. The zero-order valence-electron chi connectivity index (χ0n) is 12.9. The number of aryl methyl sites for hydroxylation is 1. The summed E-state index contributed by atoms with van der Waals surface area (Å²) in [6, 6.07) is 5.58. The van der Waals surface area contributed by atoms with E-state index in [1.807, 2.05) is 6.92 Å². The molecule has 8 nitrogen and oxygen atoms in total. The van der Waals surface area contributed by atoms with Crippen molar-refractivity contribution < 1.29 is 13.1 Å². The van der Waals surface area contributed by atoms with Crippen molar-refractivity contribution in [2.75, 3.05) is 26.2 Å². The van der Waals surface area contributed by atoms with E-state index in [0.29, 0.717) is 13.0 Å². The van der Waals surface area contributed by atoms with Crippen molar-refractivity contribution in [3.05, 3.63) is 45.5 Å². The van der Waals surface area contributed by atoms with E-state index in [0.717, 1.165) is 5.56 Å². The molecular weight excluding hydrogens is 318 g/mol. The van der Waals surface area contributed by atoms with E-state index < -0.39 is 26.8 Å². The molecule has 9 heteroatoms. The first-order chi connectivity index (χ1) is 10.9. The normalized spacial score (nSPS) is 31.4. The minimum Gasteiger partial charge on any atom is -0.633 e. The standard InChI is InChI=1S/C14H19N5O3S/c1-11-2-4-12(5-3-11)23(21,22)18-7-9-19(20)8-6-13(16-17-15)14(18)10-19/h2-5,13-14H,6-10H2,1H3/t13-,14-,19-/m0/s1. The van der Waals surface area contributed by atoms with E-state index >= 15 is 0 Å². The lowest BCUT2D eigenvalue weighted by Crippen LogP contribution is -2.68. The van der Waals surface area contributed by atoms with Crippen LogP contribution in [0.5, 0.6) is 0 Å². The Morgan fingerprint density at radius 2 is 2.04 bits per heavy atom. The van der Waals surface area contributed by atoms with Crippen LogP contribution in [0.4, 0.5) is 0 Å². The molecule has 0 saturated carbocycles. The number of fused-ring (bicyclic) bond motifs is 2. The number of sulfonamides is 1. The second-order valence-electron chi connectivity index (χ2n) is 6.24. The molecule has 3 rings (SSSR count). The molecule has 2 bridgehead atoms. The first kappa shape index (κ1) is 16.2. The fourth-order valence-electron chi connectivity index (χ4n) is 3.39. The van der Waals surface area contributed by atoms with Crippen LogP contribution in [0.1, 0.15) is 12.0 Å². The summed E-state index contributed by atoms with van der Waals surface area (Å²) in [4.78, 5) is 3.03. The summed E-state index contributed by atoms with van der Waals surface area (Å²) in [6.07, 6.45) is 0.415. The van der Waals surface area contributed by atoms with Crippen LogP contribution in [0.3, 0.4) is 0 Å². The molecule has 0 aromatic heterocycles. The Morgan fingerprint density at radius 3 is 2.70 bits per heavy atom. The van der Waals surface area contributed by atoms with Crippen LogP contribution < -0.4 is 0 Å². The molecule has 2 fully saturated rings. The summed E-state index contributed by atoms with van der Waals surface area (Å²) in [5, 5.41) is 16.3. The van der Waals surface area contributed by atoms with E-state index in [-0.39, 0.29) is 24.5 Å². The highest BCUT2D eigenvalue weighted by atomic mass is 32.2. The predicted molar refractivity (Wildman–Crippen MR) is 84.6 cm³/mol. The largest absolute Gasteiger partial charge is 0.633 e. The summed E-state index contributed by atoms with van der Waals surface area (Å²) >= 11 is 0. The summed E-state index contributed by atoms with van der Waals surface area (Å²) in [5.41, 5.74) is 9.70. The summed E-state index contributed by atoms with van der Waals surface area (Å²) in [5.74, 6) is 0. The maximum absolute atomic E-state index is 12.9. The highest BCUT2D eigenvalue weighted by Gasteiger charge is 2.47. The lowest BCUT2D eigenvalue weighted by atomic mass is 9.97. The van der Waals surface area contributed by atoms with Crippen molar-refractivity contribution in [3.63, 3.8) is 0 Å². The van der Waals surface area contributed by atoms with Gasteiger partial charge in [0.15, 0.2) is 0 Å². The fraction of sp³-hybridized carbons (Fsp3) is 0.571. The van der Waals surface area contributed by atoms with Gasteiger partial charge in [0.2, 0.25) is 10.0 Å². The van der Waals surface area contributed by atoms with Gasteiger partial charge in [0.1, 0.15) is 0 Å². The number of hydrogen-bond acceptors (Lipinski definition) is 4. The number of nitrogens with zero attached hydrogens (tertiary/aromatic N) is 5. The van der Waals surface area contributed by atoms with E-state index in [1.165, 1.54) is 4.31 Å². The highest BCUT2D eigenvalue weighted by molar-refractivity contribution is 7.89. The Balaban J connectivity index is 1.97. The van der Waals surface area contributed by atoms with Gasteiger partial charge in [-0.3, -0.25) is 0 Å². The quantitative estimate of drug-likeness (QED) is 0.275. The van der Waals surface area contributed by atoms with Crippen LogP contribution in [0.2, 0.25) is 0 Å².